The Morgan fingerprint density at radius 3 is 2.53 bits per heavy atom. The van der Waals surface area contributed by atoms with Crippen molar-refractivity contribution in [2.24, 2.45) is 16.7 Å². The lowest BCUT2D eigenvalue weighted by molar-refractivity contribution is 0.122. The highest BCUT2D eigenvalue weighted by molar-refractivity contribution is 5.10. The molecule has 0 saturated carbocycles. The summed E-state index contributed by atoms with van der Waals surface area (Å²) in [6.45, 7) is 11.5. The smallest absolute Gasteiger partial charge is 0.0482 e. The van der Waals surface area contributed by atoms with E-state index in [-0.39, 0.29) is 12.0 Å². The number of aliphatic hydroxyl groups is 1. The number of rotatable bonds is 3. The van der Waals surface area contributed by atoms with Crippen molar-refractivity contribution in [3.05, 3.63) is 11.6 Å². The van der Waals surface area contributed by atoms with Gasteiger partial charge in [-0.1, -0.05) is 39.3 Å². The highest BCUT2D eigenvalue weighted by Gasteiger charge is 2.30. The minimum atomic E-state index is 0.0644. The van der Waals surface area contributed by atoms with Crippen LogP contribution in [0.3, 0.4) is 0 Å². The first-order valence-electron chi connectivity index (χ1n) is 6.02. The standard InChI is InChI=1S/C14H26O/c1-11-6-12(8-13(2,3)7-11)9-14(4,5)10-15/h6,12,15H,7-10H2,1-5H3. The van der Waals surface area contributed by atoms with Crippen LogP contribution in [0, 0.1) is 16.7 Å². The van der Waals surface area contributed by atoms with Gasteiger partial charge in [0.15, 0.2) is 0 Å². The van der Waals surface area contributed by atoms with Crippen LogP contribution < -0.4 is 0 Å². The van der Waals surface area contributed by atoms with Crippen LogP contribution in [0.2, 0.25) is 0 Å². The van der Waals surface area contributed by atoms with Crippen molar-refractivity contribution in [3.8, 4) is 0 Å². The van der Waals surface area contributed by atoms with Gasteiger partial charge in [0, 0.05) is 6.61 Å². The van der Waals surface area contributed by atoms with Crippen LogP contribution >= 0.6 is 0 Å². The van der Waals surface area contributed by atoms with Gasteiger partial charge in [-0.25, -0.2) is 0 Å². The van der Waals surface area contributed by atoms with E-state index in [1.165, 1.54) is 18.4 Å². The molecule has 1 N–H and O–H groups in total. The predicted octanol–water partition coefficient (Wildman–Crippen LogP) is 3.78. The Morgan fingerprint density at radius 2 is 2.07 bits per heavy atom. The summed E-state index contributed by atoms with van der Waals surface area (Å²) >= 11 is 0. The van der Waals surface area contributed by atoms with Crippen molar-refractivity contribution in [1.82, 2.24) is 0 Å². The van der Waals surface area contributed by atoms with E-state index < -0.39 is 0 Å². The molecule has 0 aliphatic heterocycles. The van der Waals surface area contributed by atoms with Crippen LogP contribution in [0.4, 0.5) is 0 Å². The minimum absolute atomic E-state index is 0.0644. The number of aliphatic hydroxyl groups excluding tert-OH is 1. The summed E-state index contributed by atoms with van der Waals surface area (Å²) in [5, 5.41) is 9.30. The molecule has 0 heterocycles. The van der Waals surface area contributed by atoms with E-state index in [1.807, 2.05) is 0 Å². The van der Waals surface area contributed by atoms with Crippen LogP contribution in [0.5, 0.6) is 0 Å². The molecule has 0 bridgehead atoms. The van der Waals surface area contributed by atoms with Crippen LogP contribution in [0.25, 0.3) is 0 Å². The van der Waals surface area contributed by atoms with Gasteiger partial charge in [0.25, 0.3) is 0 Å². The van der Waals surface area contributed by atoms with Gasteiger partial charge >= 0.3 is 0 Å². The third-order valence-corrected chi connectivity index (χ3v) is 3.34. The third-order valence-electron chi connectivity index (χ3n) is 3.34. The fourth-order valence-electron chi connectivity index (χ4n) is 2.96. The summed E-state index contributed by atoms with van der Waals surface area (Å²) in [7, 11) is 0. The summed E-state index contributed by atoms with van der Waals surface area (Å²) in [6.07, 6.45) is 6.00. The Kier molecular flexibility index (Phi) is 3.65. The van der Waals surface area contributed by atoms with E-state index in [2.05, 4.69) is 40.7 Å². The largest absolute Gasteiger partial charge is 0.396 e. The van der Waals surface area contributed by atoms with Crippen LogP contribution in [0.15, 0.2) is 11.6 Å². The molecular formula is C14H26O. The highest BCUT2D eigenvalue weighted by Crippen LogP contribution is 2.41. The second-order valence-corrected chi connectivity index (χ2v) is 6.84. The molecule has 0 saturated heterocycles. The van der Waals surface area contributed by atoms with E-state index >= 15 is 0 Å². The Bertz CT molecular complexity index is 248. The number of hydrogen-bond donors (Lipinski definition) is 1. The summed E-state index contributed by atoms with van der Waals surface area (Å²) in [4.78, 5) is 0. The normalized spacial score (nSPS) is 26.3. The fourth-order valence-corrected chi connectivity index (χ4v) is 2.96. The molecule has 1 rings (SSSR count). The summed E-state index contributed by atoms with van der Waals surface area (Å²) < 4.78 is 0. The van der Waals surface area contributed by atoms with Gasteiger partial charge in [0.05, 0.1) is 0 Å². The highest BCUT2D eigenvalue weighted by atomic mass is 16.3. The Balaban J connectivity index is 2.68. The summed E-state index contributed by atoms with van der Waals surface area (Å²) in [6, 6.07) is 0. The first-order valence-corrected chi connectivity index (χ1v) is 6.02. The quantitative estimate of drug-likeness (QED) is 0.703. The second-order valence-electron chi connectivity index (χ2n) is 6.84. The van der Waals surface area contributed by atoms with Gasteiger partial charge in [-0.05, 0) is 42.9 Å². The molecule has 0 amide bonds. The monoisotopic (exact) mass is 210 g/mol. The molecule has 1 nitrogen and oxygen atoms in total. The Labute approximate surface area is 94.6 Å². The molecule has 1 aliphatic carbocycles. The fraction of sp³-hybridized carbons (Fsp3) is 0.857. The molecule has 0 fully saturated rings. The van der Waals surface area contributed by atoms with Crippen molar-refractivity contribution < 1.29 is 5.11 Å². The second kappa shape index (κ2) is 4.29. The Morgan fingerprint density at radius 1 is 1.47 bits per heavy atom. The van der Waals surface area contributed by atoms with Gasteiger partial charge < -0.3 is 5.11 Å². The molecule has 1 heteroatoms. The zero-order valence-corrected chi connectivity index (χ0v) is 10.9. The lowest BCUT2D eigenvalue weighted by Gasteiger charge is -2.37. The van der Waals surface area contributed by atoms with E-state index in [1.54, 1.807) is 0 Å². The molecule has 0 radical (unpaired) electrons. The van der Waals surface area contributed by atoms with E-state index in [4.69, 9.17) is 0 Å². The first kappa shape index (κ1) is 12.8. The number of hydrogen-bond acceptors (Lipinski definition) is 1. The Hall–Kier alpha value is -0.300. The summed E-state index contributed by atoms with van der Waals surface area (Å²) in [5.74, 6) is 0.649. The molecule has 0 aromatic rings. The van der Waals surface area contributed by atoms with Crippen molar-refractivity contribution in [1.29, 1.82) is 0 Å². The molecule has 1 unspecified atom stereocenters. The van der Waals surface area contributed by atoms with Crippen molar-refractivity contribution in [2.75, 3.05) is 6.61 Å². The van der Waals surface area contributed by atoms with E-state index in [0.29, 0.717) is 11.3 Å². The summed E-state index contributed by atoms with van der Waals surface area (Å²) in [5.41, 5.74) is 2.02. The van der Waals surface area contributed by atoms with E-state index in [9.17, 15) is 5.11 Å². The number of allylic oxidation sites excluding steroid dienone is 2. The zero-order chi connectivity index (χ0) is 11.7. The third kappa shape index (κ3) is 3.98. The molecule has 1 atom stereocenters. The van der Waals surface area contributed by atoms with Crippen molar-refractivity contribution in [2.45, 2.75) is 53.9 Å². The molecule has 15 heavy (non-hydrogen) atoms. The first-order chi connectivity index (χ1) is 6.74. The van der Waals surface area contributed by atoms with Gasteiger partial charge in [-0.2, -0.15) is 0 Å². The zero-order valence-electron chi connectivity index (χ0n) is 10.9. The molecule has 0 aromatic heterocycles. The average molecular weight is 210 g/mol. The SMILES string of the molecule is CC1=CC(CC(C)(C)CO)CC(C)(C)C1. The van der Waals surface area contributed by atoms with Crippen LogP contribution in [-0.2, 0) is 0 Å². The van der Waals surface area contributed by atoms with Gasteiger partial charge in [-0.15, -0.1) is 0 Å². The average Bonchev–Trinajstić information content (AvgIpc) is 1.99. The molecule has 0 spiro atoms. The lowest BCUT2D eigenvalue weighted by Crippen LogP contribution is -2.27. The van der Waals surface area contributed by atoms with E-state index in [0.717, 1.165) is 6.42 Å². The topological polar surface area (TPSA) is 20.2 Å². The van der Waals surface area contributed by atoms with Gasteiger partial charge in [-0.3, -0.25) is 0 Å². The van der Waals surface area contributed by atoms with Gasteiger partial charge in [0.1, 0.15) is 0 Å². The molecule has 1 aliphatic rings. The van der Waals surface area contributed by atoms with Crippen molar-refractivity contribution in [3.63, 3.8) is 0 Å². The maximum absolute atomic E-state index is 9.30. The molecule has 88 valence electrons. The maximum atomic E-state index is 9.30. The molecule has 0 aromatic carbocycles. The molecular weight excluding hydrogens is 184 g/mol. The maximum Gasteiger partial charge on any atom is 0.0482 e. The van der Waals surface area contributed by atoms with Crippen molar-refractivity contribution >= 4 is 0 Å². The minimum Gasteiger partial charge on any atom is -0.396 e. The van der Waals surface area contributed by atoms with Crippen LogP contribution in [0.1, 0.15) is 53.9 Å². The lowest BCUT2D eigenvalue weighted by atomic mass is 9.69. The van der Waals surface area contributed by atoms with Crippen LogP contribution in [-0.4, -0.2) is 11.7 Å². The van der Waals surface area contributed by atoms with Gasteiger partial charge in [0.2, 0.25) is 0 Å². The predicted molar refractivity (Wildman–Crippen MR) is 65.7 cm³/mol.